The van der Waals surface area contributed by atoms with Gasteiger partial charge in [-0.25, -0.2) is 9.59 Å². The van der Waals surface area contributed by atoms with E-state index in [1.54, 1.807) is 20.8 Å². The SMILES string of the molecule is CC(C)(C)OC(=O)NCCCC[C@@H](NC(=O)[C@@H](N)Cc1ccccc1)C(=O)O. The summed E-state index contributed by atoms with van der Waals surface area (Å²) in [4.78, 5) is 35.1. The standard InChI is InChI=1S/C20H31N3O5/c1-20(2,3)28-19(27)22-12-8-7-11-16(18(25)26)23-17(24)15(21)13-14-9-5-4-6-10-14/h4-6,9-10,15-16H,7-8,11-13,21H2,1-3H3,(H,22,27)(H,23,24)(H,25,26)/t15-,16+/m0/s1. The van der Waals surface area contributed by atoms with Gasteiger partial charge in [-0.15, -0.1) is 0 Å². The Kier molecular flexibility index (Phi) is 9.44. The summed E-state index contributed by atoms with van der Waals surface area (Å²) in [5.41, 5.74) is 6.23. The molecule has 0 bridgehead atoms. The van der Waals surface area contributed by atoms with E-state index in [4.69, 9.17) is 10.5 Å². The lowest BCUT2D eigenvalue weighted by atomic mass is 10.0. The number of unbranched alkanes of at least 4 members (excludes halogenated alkanes) is 1. The quantitative estimate of drug-likeness (QED) is 0.449. The van der Waals surface area contributed by atoms with Gasteiger partial charge in [0.15, 0.2) is 0 Å². The third kappa shape index (κ3) is 9.91. The number of rotatable bonds is 10. The number of alkyl carbamates (subject to hydrolysis) is 1. The predicted molar refractivity (Wildman–Crippen MR) is 106 cm³/mol. The molecule has 5 N–H and O–H groups in total. The smallest absolute Gasteiger partial charge is 0.407 e. The topological polar surface area (TPSA) is 131 Å². The number of amides is 2. The van der Waals surface area contributed by atoms with Crippen molar-refractivity contribution >= 4 is 18.0 Å². The Balaban J connectivity index is 2.35. The fraction of sp³-hybridized carbons (Fsp3) is 0.550. The third-order valence-corrected chi connectivity index (χ3v) is 3.84. The summed E-state index contributed by atoms with van der Waals surface area (Å²) >= 11 is 0. The minimum Gasteiger partial charge on any atom is -0.480 e. The highest BCUT2D eigenvalue weighted by Gasteiger charge is 2.23. The van der Waals surface area contributed by atoms with Crippen LogP contribution in [0.25, 0.3) is 0 Å². The maximum Gasteiger partial charge on any atom is 0.407 e. The van der Waals surface area contributed by atoms with E-state index in [2.05, 4.69) is 10.6 Å². The van der Waals surface area contributed by atoms with Crippen LogP contribution in [0, 0.1) is 0 Å². The number of aliphatic carboxylic acids is 1. The Bertz CT molecular complexity index is 643. The van der Waals surface area contributed by atoms with Crippen molar-refractivity contribution in [2.45, 2.75) is 64.1 Å². The van der Waals surface area contributed by atoms with Crippen molar-refractivity contribution in [1.29, 1.82) is 0 Å². The molecule has 2 atom stereocenters. The number of carbonyl (C=O) groups excluding carboxylic acids is 2. The Morgan fingerprint density at radius 3 is 2.36 bits per heavy atom. The zero-order chi connectivity index (χ0) is 21.2. The first-order chi connectivity index (χ1) is 13.1. The van der Waals surface area contributed by atoms with E-state index < -0.39 is 35.7 Å². The second kappa shape index (κ2) is 11.3. The van der Waals surface area contributed by atoms with Crippen molar-refractivity contribution < 1.29 is 24.2 Å². The first kappa shape index (κ1) is 23.4. The summed E-state index contributed by atoms with van der Waals surface area (Å²) in [5, 5.41) is 14.4. The molecule has 0 unspecified atom stereocenters. The molecule has 0 saturated carbocycles. The average Bonchev–Trinajstić information content (AvgIpc) is 2.59. The van der Waals surface area contributed by atoms with Gasteiger partial charge in [0.05, 0.1) is 6.04 Å². The number of nitrogens with one attached hydrogen (secondary N) is 2. The van der Waals surface area contributed by atoms with E-state index in [0.717, 1.165) is 5.56 Å². The molecule has 0 radical (unpaired) electrons. The summed E-state index contributed by atoms with van der Waals surface area (Å²) in [5.74, 6) is -1.61. The molecular formula is C20H31N3O5. The third-order valence-electron chi connectivity index (χ3n) is 3.84. The van der Waals surface area contributed by atoms with Crippen LogP contribution >= 0.6 is 0 Å². The summed E-state index contributed by atoms with van der Waals surface area (Å²) in [6.45, 7) is 5.68. The van der Waals surface area contributed by atoms with Crippen LogP contribution in [0.4, 0.5) is 4.79 Å². The van der Waals surface area contributed by atoms with Gasteiger partial charge in [-0.3, -0.25) is 4.79 Å². The summed E-state index contributed by atoms with van der Waals surface area (Å²) in [7, 11) is 0. The van der Waals surface area contributed by atoms with Gasteiger partial charge in [-0.05, 0) is 52.0 Å². The number of benzene rings is 1. The lowest BCUT2D eigenvalue weighted by Gasteiger charge is -2.20. The highest BCUT2D eigenvalue weighted by molar-refractivity contribution is 5.86. The molecule has 1 aromatic rings. The molecule has 0 spiro atoms. The lowest BCUT2D eigenvalue weighted by Crippen LogP contribution is -2.49. The summed E-state index contributed by atoms with van der Waals surface area (Å²) < 4.78 is 5.12. The van der Waals surface area contributed by atoms with Gasteiger partial charge in [-0.1, -0.05) is 30.3 Å². The molecule has 0 aliphatic heterocycles. The number of carboxylic acids is 1. The number of hydrogen-bond acceptors (Lipinski definition) is 5. The van der Waals surface area contributed by atoms with Crippen molar-refractivity contribution in [1.82, 2.24) is 10.6 Å². The monoisotopic (exact) mass is 393 g/mol. The molecule has 0 aromatic heterocycles. The molecule has 2 amide bonds. The molecule has 1 aromatic carbocycles. The highest BCUT2D eigenvalue weighted by Crippen LogP contribution is 2.07. The summed E-state index contributed by atoms with van der Waals surface area (Å²) in [6.07, 6.45) is 1.15. The molecular weight excluding hydrogens is 362 g/mol. The molecule has 0 aliphatic rings. The van der Waals surface area contributed by atoms with E-state index in [-0.39, 0.29) is 6.42 Å². The highest BCUT2D eigenvalue weighted by atomic mass is 16.6. The predicted octanol–water partition coefficient (Wildman–Crippen LogP) is 1.82. The van der Waals surface area contributed by atoms with Crippen molar-refractivity contribution in [3.8, 4) is 0 Å². The van der Waals surface area contributed by atoms with Crippen LogP contribution < -0.4 is 16.4 Å². The second-order valence-electron chi connectivity index (χ2n) is 7.62. The zero-order valence-corrected chi connectivity index (χ0v) is 16.7. The Morgan fingerprint density at radius 2 is 1.79 bits per heavy atom. The number of hydrogen-bond donors (Lipinski definition) is 4. The molecule has 8 heteroatoms. The maximum absolute atomic E-state index is 12.2. The van der Waals surface area contributed by atoms with E-state index >= 15 is 0 Å². The van der Waals surface area contributed by atoms with Crippen molar-refractivity contribution in [2.24, 2.45) is 5.73 Å². The lowest BCUT2D eigenvalue weighted by molar-refractivity contribution is -0.142. The second-order valence-corrected chi connectivity index (χ2v) is 7.62. The van der Waals surface area contributed by atoms with Gasteiger partial charge in [0, 0.05) is 6.54 Å². The summed E-state index contributed by atoms with van der Waals surface area (Å²) in [6, 6.07) is 7.46. The van der Waals surface area contributed by atoms with E-state index in [9.17, 15) is 19.5 Å². The molecule has 0 aliphatic carbocycles. The fourth-order valence-corrected chi connectivity index (χ4v) is 2.47. The fourth-order valence-electron chi connectivity index (χ4n) is 2.47. The van der Waals surface area contributed by atoms with E-state index in [1.165, 1.54) is 0 Å². The molecule has 1 rings (SSSR count). The van der Waals surface area contributed by atoms with Crippen LogP contribution in [-0.2, 0) is 20.7 Å². The van der Waals surface area contributed by atoms with Crippen molar-refractivity contribution in [3.05, 3.63) is 35.9 Å². The van der Waals surface area contributed by atoms with E-state index in [0.29, 0.717) is 25.8 Å². The van der Waals surface area contributed by atoms with Crippen LogP contribution in [-0.4, -0.2) is 47.3 Å². The van der Waals surface area contributed by atoms with Crippen LogP contribution in [0.15, 0.2) is 30.3 Å². The molecule has 0 fully saturated rings. The minimum atomic E-state index is -1.11. The Morgan fingerprint density at radius 1 is 1.14 bits per heavy atom. The van der Waals surface area contributed by atoms with Gasteiger partial charge >= 0.3 is 12.1 Å². The normalized spacial score (nSPS) is 13.3. The van der Waals surface area contributed by atoms with Gasteiger partial charge < -0.3 is 26.2 Å². The van der Waals surface area contributed by atoms with Crippen LogP contribution in [0.2, 0.25) is 0 Å². The largest absolute Gasteiger partial charge is 0.480 e. The average molecular weight is 393 g/mol. The first-order valence-electron chi connectivity index (χ1n) is 9.38. The molecule has 156 valence electrons. The van der Waals surface area contributed by atoms with Gasteiger partial charge in [0.1, 0.15) is 11.6 Å². The number of carboxylic acid groups (broad SMARTS) is 1. The van der Waals surface area contributed by atoms with E-state index in [1.807, 2.05) is 30.3 Å². The molecule has 0 heterocycles. The van der Waals surface area contributed by atoms with Crippen molar-refractivity contribution in [2.75, 3.05) is 6.54 Å². The van der Waals surface area contributed by atoms with Gasteiger partial charge in [-0.2, -0.15) is 0 Å². The van der Waals surface area contributed by atoms with Crippen LogP contribution in [0.3, 0.4) is 0 Å². The van der Waals surface area contributed by atoms with Crippen LogP contribution in [0.5, 0.6) is 0 Å². The molecule has 8 nitrogen and oxygen atoms in total. The number of ether oxygens (including phenoxy) is 1. The van der Waals surface area contributed by atoms with Gasteiger partial charge in [0.25, 0.3) is 0 Å². The maximum atomic E-state index is 12.2. The molecule has 28 heavy (non-hydrogen) atoms. The Hall–Kier alpha value is -2.61. The zero-order valence-electron chi connectivity index (χ0n) is 16.7. The van der Waals surface area contributed by atoms with Crippen molar-refractivity contribution in [3.63, 3.8) is 0 Å². The number of carbonyl (C=O) groups is 3. The minimum absolute atomic E-state index is 0.245. The molecule has 0 saturated heterocycles. The van der Waals surface area contributed by atoms with Crippen LogP contribution in [0.1, 0.15) is 45.6 Å². The van der Waals surface area contributed by atoms with Gasteiger partial charge in [0.2, 0.25) is 5.91 Å². The Labute approximate surface area is 165 Å². The number of nitrogens with two attached hydrogens (primary N) is 1. The first-order valence-corrected chi connectivity index (χ1v) is 9.38.